The highest BCUT2D eigenvalue weighted by Gasteiger charge is 2.31. The van der Waals surface area contributed by atoms with Gasteiger partial charge >= 0.3 is 0 Å². The lowest BCUT2D eigenvalue weighted by molar-refractivity contribution is 0.0740. The first-order valence-electron chi connectivity index (χ1n) is 8.30. The van der Waals surface area contributed by atoms with Gasteiger partial charge in [0.1, 0.15) is 9.88 Å². The van der Waals surface area contributed by atoms with Crippen LogP contribution in [0.4, 0.5) is 0 Å². The molecule has 1 aromatic heterocycles. The molecule has 1 amide bonds. The van der Waals surface area contributed by atoms with Crippen molar-refractivity contribution < 1.29 is 4.79 Å². The number of nitrogens with zero attached hydrogens (tertiary/aromatic N) is 2. The number of likely N-dealkylation sites (tertiary alicyclic amines) is 1. The van der Waals surface area contributed by atoms with Gasteiger partial charge in [-0.2, -0.15) is 0 Å². The molecular weight excluding hydrogens is 352 g/mol. The second-order valence-corrected chi connectivity index (χ2v) is 7.57. The number of carbonyl (C=O) groups is 1. The molecule has 0 saturated carbocycles. The van der Waals surface area contributed by atoms with Crippen molar-refractivity contribution in [1.82, 2.24) is 9.88 Å². The maximum Gasteiger partial charge on any atom is 0.266 e. The van der Waals surface area contributed by atoms with E-state index in [9.17, 15) is 4.79 Å². The van der Waals surface area contributed by atoms with Gasteiger partial charge < -0.3 is 4.90 Å². The third-order valence-corrected chi connectivity index (χ3v) is 5.79. The van der Waals surface area contributed by atoms with Crippen LogP contribution in [0.3, 0.4) is 0 Å². The Balaban J connectivity index is 1.58. The first kappa shape index (κ1) is 16.3. The number of hydrogen-bond acceptors (Lipinski definition) is 3. The SMILES string of the molecule is O=C(c1cnc(-c2ccccc2)s1)N1CCCC1c1ccc(Cl)cc1. The van der Waals surface area contributed by atoms with Gasteiger partial charge in [0.2, 0.25) is 0 Å². The number of thiazole rings is 1. The highest BCUT2D eigenvalue weighted by Crippen LogP contribution is 2.35. The van der Waals surface area contributed by atoms with Gasteiger partial charge in [0.15, 0.2) is 0 Å². The van der Waals surface area contributed by atoms with Crippen molar-refractivity contribution in [2.45, 2.75) is 18.9 Å². The molecule has 4 rings (SSSR count). The third-order valence-electron chi connectivity index (χ3n) is 4.51. The summed E-state index contributed by atoms with van der Waals surface area (Å²) in [5.41, 5.74) is 2.19. The molecule has 2 aromatic carbocycles. The number of hydrogen-bond donors (Lipinski definition) is 0. The Labute approximate surface area is 155 Å². The van der Waals surface area contributed by atoms with Crippen LogP contribution < -0.4 is 0 Å². The lowest BCUT2D eigenvalue weighted by atomic mass is 10.0. The molecule has 0 radical (unpaired) electrons. The van der Waals surface area contributed by atoms with Crippen LogP contribution in [0.15, 0.2) is 60.8 Å². The Morgan fingerprint density at radius 2 is 1.88 bits per heavy atom. The molecule has 1 unspecified atom stereocenters. The molecule has 25 heavy (non-hydrogen) atoms. The second-order valence-electron chi connectivity index (χ2n) is 6.10. The van der Waals surface area contributed by atoms with Gasteiger partial charge in [0, 0.05) is 17.1 Å². The Morgan fingerprint density at radius 3 is 2.64 bits per heavy atom. The summed E-state index contributed by atoms with van der Waals surface area (Å²) in [6.07, 6.45) is 3.70. The zero-order valence-electron chi connectivity index (χ0n) is 13.6. The molecule has 3 nitrogen and oxygen atoms in total. The summed E-state index contributed by atoms with van der Waals surface area (Å²) in [5, 5.41) is 1.60. The van der Waals surface area contributed by atoms with E-state index in [1.165, 1.54) is 11.3 Å². The first-order valence-corrected chi connectivity index (χ1v) is 9.49. The van der Waals surface area contributed by atoms with E-state index < -0.39 is 0 Å². The van der Waals surface area contributed by atoms with E-state index in [0.717, 1.165) is 40.5 Å². The number of rotatable bonds is 3. The molecule has 2 heterocycles. The molecule has 1 fully saturated rings. The van der Waals surface area contributed by atoms with Gasteiger partial charge in [-0.25, -0.2) is 4.98 Å². The Morgan fingerprint density at radius 1 is 1.12 bits per heavy atom. The summed E-state index contributed by atoms with van der Waals surface area (Å²) in [7, 11) is 0. The molecule has 1 aliphatic heterocycles. The van der Waals surface area contributed by atoms with E-state index in [-0.39, 0.29) is 11.9 Å². The van der Waals surface area contributed by atoms with Crippen LogP contribution in [-0.4, -0.2) is 22.3 Å². The van der Waals surface area contributed by atoms with E-state index in [2.05, 4.69) is 4.98 Å². The predicted octanol–water partition coefficient (Wildman–Crippen LogP) is 5.44. The number of carbonyl (C=O) groups excluding carboxylic acids is 1. The van der Waals surface area contributed by atoms with E-state index in [1.54, 1.807) is 6.20 Å². The standard InChI is InChI=1S/C20H17ClN2OS/c21-16-10-8-14(9-11-16)17-7-4-12-23(17)20(24)18-13-22-19(25-18)15-5-2-1-3-6-15/h1-3,5-6,8-11,13,17H,4,7,12H2. The number of benzene rings is 2. The Kier molecular flexibility index (Phi) is 4.55. The van der Waals surface area contributed by atoms with Gasteiger partial charge in [-0.3, -0.25) is 4.79 Å². The maximum atomic E-state index is 13.0. The number of amides is 1. The van der Waals surface area contributed by atoms with Crippen LogP contribution in [0.1, 0.15) is 34.1 Å². The van der Waals surface area contributed by atoms with E-state index in [0.29, 0.717) is 4.88 Å². The summed E-state index contributed by atoms with van der Waals surface area (Å²) in [5.74, 6) is 0.0668. The molecule has 0 bridgehead atoms. The number of aromatic nitrogens is 1. The van der Waals surface area contributed by atoms with Gasteiger partial charge in [-0.05, 0) is 30.5 Å². The van der Waals surface area contributed by atoms with Crippen LogP contribution >= 0.6 is 22.9 Å². The average Bonchev–Trinajstić information content (AvgIpc) is 3.32. The molecule has 1 aliphatic rings. The third kappa shape index (κ3) is 3.32. The van der Waals surface area contributed by atoms with Crippen molar-refractivity contribution in [3.05, 3.63) is 76.3 Å². The molecular formula is C20H17ClN2OS. The minimum Gasteiger partial charge on any atom is -0.331 e. The first-order chi connectivity index (χ1) is 12.2. The maximum absolute atomic E-state index is 13.0. The molecule has 0 aliphatic carbocycles. The van der Waals surface area contributed by atoms with Crippen molar-refractivity contribution in [1.29, 1.82) is 0 Å². The van der Waals surface area contributed by atoms with Gasteiger partial charge in [-0.15, -0.1) is 11.3 Å². The van der Waals surface area contributed by atoms with Gasteiger partial charge in [0.25, 0.3) is 5.91 Å². The Bertz CT molecular complexity index is 876. The zero-order chi connectivity index (χ0) is 17.2. The van der Waals surface area contributed by atoms with Crippen LogP contribution in [0.25, 0.3) is 10.6 Å². The smallest absolute Gasteiger partial charge is 0.266 e. The molecule has 0 N–H and O–H groups in total. The highest BCUT2D eigenvalue weighted by molar-refractivity contribution is 7.16. The summed E-state index contributed by atoms with van der Waals surface area (Å²) >= 11 is 7.44. The normalized spacial score (nSPS) is 17.0. The molecule has 5 heteroatoms. The summed E-state index contributed by atoms with van der Waals surface area (Å²) in [4.78, 5) is 20.1. The van der Waals surface area contributed by atoms with Crippen molar-refractivity contribution in [3.8, 4) is 10.6 Å². The van der Waals surface area contributed by atoms with Gasteiger partial charge in [0.05, 0.1) is 12.2 Å². The summed E-state index contributed by atoms with van der Waals surface area (Å²) < 4.78 is 0. The lowest BCUT2D eigenvalue weighted by Gasteiger charge is -2.24. The topological polar surface area (TPSA) is 33.2 Å². The van der Waals surface area contributed by atoms with Crippen LogP contribution in [-0.2, 0) is 0 Å². The van der Waals surface area contributed by atoms with Crippen molar-refractivity contribution in [2.24, 2.45) is 0 Å². The van der Waals surface area contributed by atoms with Gasteiger partial charge in [-0.1, -0.05) is 54.1 Å². The monoisotopic (exact) mass is 368 g/mol. The molecule has 1 saturated heterocycles. The summed E-state index contributed by atoms with van der Waals surface area (Å²) in [6, 6.07) is 17.9. The molecule has 126 valence electrons. The quantitative estimate of drug-likeness (QED) is 0.616. The molecule has 3 aromatic rings. The molecule has 1 atom stereocenters. The lowest BCUT2D eigenvalue weighted by Crippen LogP contribution is -2.29. The van der Waals surface area contributed by atoms with Crippen LogP contribution in [0.5, 0.6) is 0 Å². The van der Waals surface area contributed by atoms with E-state index >= 15 is 0 Å². The van der Waals surface area contributed by atoms with Crippen LogP contribution in [0, 0.1) is 0 Å². The largest absolute Gasteiger partial charge is 0.331 e. The van der Waals surface area contributed by atoms with Crippen molar-refractivity contribution >= 4 is 28.8 Å². The van der Waals surface area contributed by atoms with Crippen LogP contribution in [0.2, 0.25) is 5.02 Å². The zero-order valence-corrected chi connectivity index (χ0v) is 15.1. The second kappa shape index (κ2) is 6.98. The molecule has 0 spiro atoms. The fourth-order valence-electron chi connectivity index (χ4n) is 3.27. The van der Waals surface area contributed by atoms with E-state index in [1.807, 2.05) is 59.5 Å². The Hall–Kier alpha value is -2.17. The van der Waals surface area contributed by atoms with E-state index in [4.69, 9.17) is 11.6 Å². The minimum absolute atomic E-state index is 0.0668. The average molecular weight is 369 g/mol. The minimum atomic E-state index is 0.0668. The summed E-state index contributed by atoms with van der Waals surface area (Å²) in [6.45, 7) is 0.782. The fourth-order valence-corrected chi connectivity index (χ4v) is 4.27. The predicted molar refractivity (Wildman–Crippen MR) is 102 cm³/mol. The fraction of sp³-hybridized carbons (Fsp3) is 0.200. The van der Waals surface area contributed by atoms with Crippen molar-refractivity contribution in [2.75, 3.05) is 6.54 Å². The van der Waals surface area contributed by atoms with Crippen molar-refractivity contribution in [3.63, 3.8) is 0 Å². The highest BCUT2D eigenvalue weighted by atomic mass is 35.5. The number of halogens is 1.